The summed E-state index contributed by atoms with van der Waals surface area (Å²) >= 11 is 0. The summed E-state index contributed by atoms with van der Waals surface area (Å²) in [7, 11) is 1.72. The van der Waals surface area contributed by atoms with E-state index in [-0.39, 0.29) is 11.8 Å². The van der Waals surface area contributed by atoms with Crippen molar-refractivity contribution in [3.8, 4) is 0 Å². The van der Waals surface area contributed by atoms with Gasteiger partial charge in [-0.15, -0.1) is 0 Å². The van der Waals surface area contributed by atoms with Crippen LogP contribution in [0.4, 0.5) is 0 Å². The predicted molar refractivity (Wildman–Crippen MR) is 60.8 cm³/mol. The molecule has 2 nitrogen and oxygen atoms in total. The molecule has 0 saturated carbocycles. The molecule has 1 N–H and O–H groups in total. The first-order valence-corrected chi connectivity index (χ1v) is 5.50. The van der Waals surface area contributed by atoms with Crippen molar-refractivity contribution in [2.45, 2.75) is 26.2 Å². The van der Waals surface area contributed by atoms with Crippen molar-refractivity contribution in [3.05, 3.63) is 34.9 Å². The first kappa shape index (κ1) is 10.2. The second-order valence-corrected chi connectivity index (χ2v) is 4.33. The van der Waals surface area contributed by atoms with Crippen LogP contribution in [-0.4, -0.2) is 13.0 Å². The molecule has 1 amide bonds. The van der Waals surface area contributed by atoms with Gasteiger partial charge in [0.25, 0.3) is 0 Å². The summed E-state index contributed by atoms with van der Waals surface area (Å²) in [6, 6.07) is 6.56. The Balaban J connectivity index is 2.22. The normalized spacial score (nSPS) is 19.5. The van der Waals surface area contributed by atoms with Crippen LogP contribution in [0.25, 0.3) is 0 Å². The summed E-state index contributed by atoms with van der Waals surface area (Å²) in [5, 5.41) is 2.74. The summed E-state index contributed by atoms with van der Waals surface area (Å²) < 4.78 is 0. The summed E-state index contributed by atoms with van der Waals surface area (Å²) in [6.45, 7) is 2.10. The minimum absolute atomic E-state index is 0.171. The molecule has 2 heteroatoms. The SMILES string of the molecule is CNC(=O)C1CCc2ccc(C)cc2C1. The monoisotopic (exact) mass is 203 g/mol. The highest BCUT2D eigenvalue weighted by Gasteiger charge is 2.23. The Morgan fingerprint density at radius 2 is 2.20 bits per heavy atom. The maximum Gasteiger partial charge on any atom is 0.223 e. The van der Waals surface area contributed by atoms with E-state index >= 15 is 0 Å². The lowest BCUT2D eigenvalue weighted by Gasteiger charge is -2.23. The average Bonchev–Trinajstić information content (AvgIpc) is 2.27. The summed E-state index contributed by atoms with van der Waals surface area (Å²) in [4.78, 5) is 11.6. The number of rotatable bonds is 1. The summed E-state index contributed by atoms with van der Waals surface area (Å²) in [5.41, 5.74) is 4.06. The molecule has 0 aliphatic heterocycles. The fourth-order valence-corrected chi connectivity index (χ4v) is 2.31. The van der Waals surface area contributed by atoms with Crippen molar-refractivity contribution in [1.82, 2.24) is 5.32 Å². The highest BCUT2D eigenvalue weighted by molar-refractivity contribution is 5.79. The van der Waals surface area contributed by atoms with E-state index in [1.807, 2.05) is 0 Å². The molecule has 0 fully saturated rings. The third kappa shape index (κ3) is 2.04. The van der Waals surface area contributed by atoms with Crippen molar-refractivity contribution in [2.75, 3.05) is 7.05 Å². The molecule has 15 heavy (non-hydrogen) atoms. The highest BCUT2D eigenvalue weighted by Crippen LogP contribution is 2.26. The molecule has 80 valence electrons. The van der Waals surface area contributed by atoms with E-state index in [4.69, 9.17) is 0 Å². The first-order chi connectivity index (χ1) is 7.20. The third-order valence-electron chi connectivity index (χ3n) is 3.21. The van der Waals surface area contributed by atoms with Gasteiger partial charge in [-0.3, -0.25) is 4.79 Å². The summed E-state index contributed by atoms with van der Waals surface area (Å²) in [6.07, 6.45) is 2.92. The maximum atomic E-state index is 11.6. The van der Waals surface area contributed by atoms with Crippen LogP contribution in [-0.2, 0) is 17.6 Å². The molecule has 1 aliphatic carbocycles. The minimum atomic E-state index is 0.171. The molecule has 0 bridgehead atoms. The van der Waals surface area contributed by atoms with Gasteiger partial charge < -0.3 is 5.32 Å². The van der Waals surface area contributed by atoms with E-state index in [1.165, 1.54) is 16.7 Å². The number of hydrogen-bond donors (Lipinski definition) is 1. The fraction of sp³-hybridized carbons (Fsp3) is 0.462. The van der Waals surface area contributed by atoms with Gasteiger partial charge in [0.05, 0.1) is 0 Å². The molecule has 1 aromatic carbocycles. The Labute approximate surface area is 90.7 Å². The molecular weight excluding hydrogens is 186 g/mol. The minimum Gasteiger partial charge on any atom is -0.359 e. The lowest BCUT2D eigenvalue weighted by Crippen LogP contribution is -2.31. The van der Waals surface area contributed by atoms with Gasteiger partial charge in [-0.1, -0.05) is 23.8 Å². The quantitative estimate of drug-likeness (QED) is 0.741. The highest BCUT2D eigenvalue weighted by atomic mass is 16.1. The molecule has 0 heterocycles. The van der Waals surface area contributed by atoms with Crippen LogP contribution in [0, 0.1) is 12.8 Å². The Morgan fingerprint density at radius 3 is 2.93 bits per heavy atom. The zero-order valence-corrected chi connectivity index (χ0v) is 9.34. The van der Waals surface area contributed by atoms with Crippen molar-refractivity contribution in [3.63, 3.8) is 0 Å². The number of aryl methyl sites for hydroxylation is 2. The summed E-state index contributed by atoms with van der Waals surface area (Å²) in [5.74, 6) is 0.353. The molecule has 0 radical (unpaired) electrons. The lowest BCUT2D eigenvalue weighted by atomic mass is 9.83. The maximum absolute atomic E-state index is 11.6. The van der Waals surface area contributed by atoms with Gasteiger partial charge in [-0.25, -0.2) is 0 Å². The van der Waals surface area contributed by atoms with E-state index in [9.17, 15) is 4.79 Å². The Morgan fingerprint density at radius 1 is 1.40 bits per heavy atom. The molecule has 1 unspecified atom stereocenters. The molecule has 2 rings (SSSR count). The second-order valence-electron chi connectivity index (χ2n) is 4.33. The van der Waals surface area contributed by atoms with Crippen LogP contribution in [0.15, 0.2) is 18.2 Å². The topological polar surface area (TPSA) is 29.1 Å². The molecular formula is C13H17NO. The standard InChI is InChI=1S/C13H17NO/c1-9-3-4-10-5-6-11(13(15)14-2)8-12(10)7-9/h3-4,7,11H,5-6,8H2,1-2H3,(H,14,15). The number of hydrogen-bond acceptors (Lipinski definition) is 1. The number of amides is 1. The molecule has 0 spiro atoms. The predicted octanol–water partition coefficient (Wildman–Crippen LogP) is 1.85. The van der Waals surface area contributed by atoms with Gasteiger partial charge in [-0.2, -0.15) is 0 Å². The van der Waals surface area contributed by atoms with Crippen LogP contribution < -0.4 is 5.32 Å². The van der Waals surface area contributed by atoms with Crippen LogP contribution >= 0.6 is 0 Å². The van der Waals surface area contributed by atoms with E-state index in [0.717, 1.165) is 19.3 Å². The van der Waals surface area contributed by atoms with Gasteiger partial charge in [-0.05, 0) is 37.3 Å². The van der Waals surface area contributed by atoms with Crippen molar-refractivity contribution in [1.29, 1.82) is 0 Å². The Bertz CT molecular complexity index is 384. The van der Waals surface area contributed by atoms with Gasteiger partial charge in [0.1, 0.15) is 0 Å². The average molecular weight is 203 g/mol. The smallest absolute Gasteiger partial charge is 0.223 e. The second kappa shape index (κ2) is 4.05. The molecule has 0 saturated heterocycles. The molecule has 1 aliphatic rings. The number of carbonyl (C=O) groups is 1. The zero-order chi connectivity index (χ0) is 10.8. The van der Waals surface area contributed by atoms with E-state index in [2.05, 4.69) is 30.4 Å². The van der Waals surface area contributed by atoms with E-state index in [0.29, 0.717) is 0 Å². The zero-order valence-electron chi connectivity index (χ0n) is 9.34. The third-order valence-corrected chi connectivity index (χ3v) is 3.21. The molecule has 0 aromatic heterocycles. The van der Waals surface area contributed by atoms with Crippen molar-refractivity contribution in [2.24, 2.45) is 5.92 Å². The molecule has 1 atom stereocenters. The number of fused-ring (bicyclic) bond motifs is 1. The Hall–Kier alpha value is -1.31. The van der Waals surface area contributed by atoms with Crippen LogP contribution in [0.1, 0.15) is 23.1 Å². The van der Waals surface area contributed by atoms with Crippen LogP contribution in [0.2, 0.25) is 0 Å². The van der Waals surface area contributed by atoms with Crippen LogP contribution in [0.5, 0.6) is 0 Å². The number of benzene rings is 1. The first-order valence-electron chi connectivity index (χ1n) is 5.50. The largest absolute Gasteiger partial charge is 0.359 e. The lowest BCUT2D eigenvalue weighted by molar-refractivity contribution is -0.124. The van der Waals surface area contributed by atoms with Crippen LogP contribution in [0.3, 0.4) is 0 Å². The number of carbonyl (C=O) groups excluding carboxylic acids is 1. The van der Waals surface area contributed by atoms with Gasteiger partial charge >= 0.3 is 0 Å². The van der Waals surface area contributed by atoms with Crippen molar-refractivity contribution >= 4 is 5.91 Å². The van der Waals surface area contributed by atoms with E-state index < -0.39 is 0 Å². The van der Waals surface area contributed by atoms with E-state index in [1.54, 1.807) is 7.05 Å². The van der Waals surface area contributed by atoms with Crippen molar-refractivity contribution < 1.29 is 4.79 Å². The van der Waals surface area contributed by atoms with Gasteiger partial charge in [0.2, 0.25) is 5.91 Å². The fourth-order valence-electron chi connectivity index (χ4n) is 2.31. The van der Waals surface area contributed by atoms with Gasteiger partial charge in [0.15, 0.2) is 0 Å². The Kier molecular flexibility index (Phi) is 2.76. The number of nitrogens with one attached hydrogen (secondary N) is 1. The van der Waals surface area contributed by atoms with Gasteiger partial charge in [0, 0.05) is 13.0 Å². The molecule has 1 aromatic rings.